The molecule has 6 rings (SSSR count). The Bertz CT molecular complexity index is 1540. The second kappa shape index (κ2) is 10.9. The van der Waals surface area contributed by atoms with Crippen LogP contribution in [0.2, 0.25) is 5.02 Å². The van der Waals surface area contributed by atoms with Gasteiger partial charge in [-0.3, -0.25) is 14.5 Å². The number of carbonyl (C=O) groups excluding carboxylic acids is 2. The van der Waals surface area contributed by atoms with E-state index >= 15 is 4.39 Å². The summed E-state index contributed by atoms with van der Waals surface area (Å²) in [5.74, 6) is -0.190. The van der Waals surface area contributed by atoms with Gasteiger partial charge < -0.3 is 4.90 Å². The molecule has 39 heavy (non-hydrogen) atoms. The maximum absolute atomic E-state index is 15.3. The standard InChI is InChI=1S/C30H26ClFN4O2S/c31-22-13-5-7-15-24(22)36-30-27(28(33-36)20-10-2-1-3-11-20)29(21-12-4-6-14-23(21)32)39-19-26(38)35(30)18-25(37)34-16-8-9-17-34/h1-7,10-15,29H,8-9,16-19H2. The molecule has 0 spiro atoms. The molecule has 3 aromatic carbocycles. The number of amides is 2. The minimum absolute atomic E-state index is 0.0811. The number of para-hydroxylation sites is 1. The molecule has 6 nitrogen and oxygen atoms in total. The van der Waals surface area contributed by atoms with Crippen molar-refractivity contribution in [1.82, 2.24) is 14.7 Å². The molecule has 0 aliphatic carbocycles. The molecule has 2 amide bonds. The van der Waals surface area contributed by atoms with Gasteiger partial charge >= 0.3 is 0 Å². The zero-order valence-corrected chi connectivity index (χ0v) is 22.7. The van der Waals surface area contributed by atoms with E-state index in [9.17, 15) is 9.59 Å². The Balaban J connectivity index is 1.63. The van der Waals surface area contributed by atoms with E-state index in [-0.39, 0.29) is 29.9 Å². The topological polar surface area (TPSA) is 58.4 Å². The molecule has 4 aromatic rings. The number of halogens is 2. The van der Waals surface area contributed by atoms with Crippen molar-refractivity contribution >= 4 is 41.0 Å². The first-order valence-electron chi connectivity index (χ1n) is 12.9. The van der Waals surface area contributed by atoms with E-state index in [1.54, 1.807) is 33.8 Å². The lowest BCUT2D eigenvalue weighted by atomic mass is 9.99. The summed E-state index contributed by atoms with van der Waals surface area (Å²) in [6.45, 7) is 1.24. The Morgan fingerprint density at radius 2 is 1.67 bits per heavy atom. The largest absolute Gasteiger partial charge is 0.341 e. The van der Waals surface area contributed by atoms with Crippen LogP contribution >= 0.6 is 23.4 Å². The van der Waals surface area contributed by atoms with E-state index in [2.05, 4.69) is 0 Å². The van der Waals surface area contributed by atoms with E-state index < -0.39 is 5.25 Å². The first kappa shape index (κ1) is 25.6. The fraction of sp³-hybridized carbons (Fsp3) is 0.233. The van der Waals surface area contributed by atoms with Crippen molar-refractivity contribution in [2.45, 2.75) is 18.1 Å². The average molecular weight is 561 g/mol. The molecule has 1 aromatic heterocycles. The smallest absolute Gasteiger partial charge is 0.242 e. The minimum Gasteiger partial charge on any atom is -0.341 e. The molecule has 0 saturated carbocycles. The van der Waals surface area contributed by atoms with E-state index in [0.717, 1.165) is 18.4 Å². The molecule has 0 bridgehead atoms. The van der Waals surface area contributed by atoms with Gasteiger partial charge in [0, 0.05) is 29.8 Å². The average Bonchev–Trinajstić information content (AvgIpc) is 3.60. The van der Waals surface area contributed by atoms with Gasteiger partial charge in [-0.25, -0.2) is 9.07 Å². The second-order valence-corrected chi connectivity index (χ2v) is 11.1. The summed E-state index contributed by atoms with van der Waals surface area (Å²) in [7, 11) is 0. The highest BCUT2D eigenvalue weighted by atomic mass is 35.5. The summed E-state index contributed by atoms with van der Waals surface area (Å²) in [5.41, 5.74) is 3.14. The Morgan fingerprint density at radius 3 is 2.41 bits per heavy atom. The summed E-state index contributed by atoms with van der Waals surface area (Å²) in [6, 6.07) is 23.5. The Labute approximate surface area is 235 Å². The third kappa shape index (κ3) is 4.83. The van der Waals surface area contributed by atoms with Gasteiger partial charge in [-0.05, 0) is 31.0 Å². The van der Waals surface area contributed by atoms with E-state index in [1.165, 1.54) is 22.7 Å². The fourth-order valence-electron chi connectivity index (χ4n) is 5.25. The summed E-state index contributed by atoms with van der Waals surface area (Å²) in [6.07, 6.45) is 1.90. The molecule has 0 radical (unpaired) electrons. The predicted octanol–water partition coefficient (Wildman–Crippen LogP) is 6.12. The number of anilines is 1. The first-order valence-corrected chi connectivity index (χ1v) is 14.3. The van der Waals surface area contributed by atoms with E-state index in [1.807, 2.05) is 48.5 Å². The number of aromatic nitrogens is 2. The van der Waals surface area contributed by atoms with Gasteiger partial charge in [0.1, 0.15) is 18.2 Å². The molecule has 1 unspecified atom stereocenters. The number of rotatable bonds is 5. The van der Waals surface area contributed by atoms with Crippen LogP contribution in [0.1, 0.15) is 29.2 Å². The molecule has 1 fully saturated rings. The van der Waals surface area contributed by atoms with Crippen LogP contribution in [0.4, 0.5) is 10.2 Å². The highest BCUT2D eigenvalue weighted by molar-refractivity contribution is 8.00. The molecule has 2 aliphatic heterocycles. The molecule has 3 heterocycles. The van der Waals surface area contributed by atoms with Crippen molar-refractivity contribution in [2.24, 2.45) is 0 Å². The molecular formula is C30H26ClFN4O2S. The van der Waals surface area contributed by atoms with Crippen LogP contribution in [0, 0.1) is 5.82 Å². The summed E-state index contributed by atoms with van der Waals surface area (Å²) < 4.78 is 17.0. The van der Waals surface area contributed by atoms with Crippen molar-refractivity contribution in [3.05, 3.63) is 101 Å². The second-order valence-electron chi connectivity index (χ2n) is 9.60. The summed E-state index contributed by atoms with van der Waals surface area (Å²) in [4.78, 5) is 30.5. The minimum atomic E-state index is -0.538. The molecule has 1 saturated heterocycles. The number of hydrogen-bond acceptors (Lipinski definition) is 4. The molecule has 198 valence electrons. The molecular weight excluding hydrogens is 535 g/mol. The monoisotopic (exact) mass is 560 g/mol. The maximum atomic E-state index is 15.3. The first-order chi connectivity index (χ1) is 19.0. The third-order valence-corrected chi connectivity index (χ3v) is 8.71. The van der Waals surface area contributed by atoms with Gasteiger partial charge in [-0.2, -0.15) is 5.10 Å². The van der Waals surface area contributed by atoms with Gasteiger partial charge in [0.15, 0.2) is 0 Å². The number of benzene rings is 3. The predicted molar refractivity (Wildman–Crippen MR) is 153 cm³/mol. The quantitative estimate of drug-likeness (QED) is 0.295. The fourth-order valence-corrected chi connectivity index (χ4v) is 6.69. The van der Waals surface area contributed by atoms with Crippen LogP contribution < -0.4 is 4.90 Å². The van der Waals surface area contributed by atoms with Crippen molar-refractivity contribution in [2.75, 3.05) is 30.3 Å². The van der Waals surface area contributed by atoms with Crippen LogP contribution in [-0.4, -0.2) is 51.9 Å². The van der Waals surface area contributed by atoms with E-state index in [0.29, 0.717) is 46.4 Å². The van der Waals surface area contributed by atoms with Crippen molar-refractivity contribution in [3.8, 4) is 16.9 Å². The van der Waals surface area contributed by atoms with Gasteiger partial charge in [-0.1, -0.05) is 72.3 Å². The number of carbonyl (C=O) groups is 2. The highest BCUT2D eigenvalue weighted by Gasteiger charge is 2.39. The molecule has 9 heteroatoms. The van der Waals surface area contributed by atoms with Crippen LogP contribution in [0.15, 0.2) is 78.9 Å². The molecule has 1 atom stereocenters. The maximum Gasteiger partial charge on any atom is 0.242 e. The van der Waals surface area contributed by atoms with Crippen LogP contribution in [0.5, 0.6) is 0 Å². The lowest BCUT2D eigenvalue weighted by Gasteiger charge is -2.25. The SMILES string of the molecule is O=C(CN1C(=O)CSC(c2ccccc2F)c2c(-c3ccccc3)nn(-c3ccccc3Cl)c21)N1CCCC1. The van der Waals surface area contributed by atoms with Gasteiger partial charge in [0.2, 0.25) is 11.8 Å². The molecule has 2 aliphatic rings. The molecule has 0 N–H and O–H groups in total. The number of thioether (sulfide) groups is 1. The lowest BCUT2D eigenvalue weighted by molar-refractivity contribution is -0.130. The Hall–Kier alpha value is -3.62. The number of nitrogens with zero attached hydrogens (tertiary/aromatic N) is 4. The Morgan fingerprint density at radius 1 is 0.974 bits per heavy atom. The Kier molecular flexibility index (Phi) is 7.14. The third-order valence-electron chi connectivity index (χ3n) is 7.16. The van der Waals surface area contributed by atoms with Crippen molar-refractivity contribution in [3.63, 3.8) is 0 Å². The van der Waals surface area contributed by atoms with Crippen LogP contribution in [0.3, 0.4) is 0 Å². The van der Waals surface area contributed by atoms with Gasteiger partial charge in [0.05, 0.1) is 27.4 Å². The summed E-state index contributed by atoms with van der Waals surface area (Å²) >= 11 is 8.01. The van der Waals surface area contributed by atoms with Crippen molar-refractivity contribution < 1.29 is 14.0 Å². The van der Waals surface area contributed by atoms with Crippen molar-refractivity contribution in [1.29, 1.82) is 0 Å². The summed E-state index contributed by atoms with van der Waals surface area (Å²) in [5, 5.41) is 4.91. The van der Waals surface area contributed by atoms with Gasteiger partial charge in [-0.15, -0.1) is 11.8 Å². The number of fused-ring (bicyclic) bond motifs is 1. The number of hydrogen-bond donors (Lipinski definition) is 0. The highest BCUT2D eigenvalue weighted by Crippen LogP contribution is 2.49. The van der Waals surface area contributed by atoms with E-state index in [4.69, 9.17) is 16.7 Å². The lowest BCUT2D eigenvalue weighted by Crippen LogP contribution is -2.43. The number of likely N-dealkylation sites (tertiary alicyclic amines) is 1. The normalized spacial score (nSPS) is 17.3. The zero-order chi connectivity index (χ0) is 26.9. The van der Waals surface area contributed by atoms with Gasteiger partial charge in [0.25, 0.3) is 0 Å². The van der Waals surface area contributed by atoms with Crippen LogP contribution in [-0.2, 0) is 9.59 Å². The zero-order valence-electron chi connectivity index (χ0n) is 21.1. The van der Waals surface area contributed by atoms with Crippen LogP contribution in [0.25, 0.3) is 16.9 Å².